The molecule has 0 spiro atoms. The van der Waals surface area contributed by atoms with E-state index < -0.39 is 17.9 Å². The number of nitrogens with zero attached hydrogens (tertiary/aromatic N) is 2. The molecule has 0 radical (unpaired) electrons. The van der Waals surface area contributed by atoms with Crippen molar-refractivity contribution in [1.82, 2.24) is 14.7 Å². The van der Waals surface area contributed by atoms with E-state index in [1.165, 1.54) is 7.11 Å². The Morgan fingerprint density at radius 2 is 1.96 bits per heavy atom. The van der Waals surface area contributed by atoms with Crippen LogP contribution in [0.25, 0.3) is 5.65 Å². The van der Waals surface area contributed by atoms with Gasteiger partial charge in [0.15, 0.2) is 6.04 Å². The van der Waals surface area contributed by atoms with Crippen molar-refractivity contribution in [3.63, 3.8) is 0 Å². The molecular formula is C17H15N3O4. The molecule has 0 saturated carbocycles. The first-order valence-corrected chi connectivity index (χ1v) is 7.20. The molecule has 2 heterocycles. The number of carboxylic acid groups (broad SMARTS) is 1. The first-order chi connectivity index (χ1) is 11.6. The van der Waals surface area contributed by atoms with Gasteiger partial charge in [-0.05, 0) is 29.8 Å². The number of rotatable bonds is 5. The molecule has 7 nitrogen and oxygen atoms in total. The van der Waals surface area contributed by atoms with Crippen molar-refractivity contribution < 1.29 is 19.4 Å². The molecular weight excluding hydrogens is 310 g/mol. The molecule has 1 amide bonds. The van der Waals surface area contributed by atoms with E-state index >= 15 is 0 Å². The van der Waals surface area contributed by atoms with Gasteiger partial charge >= 0.3 is 5.97 Å². The summed E-state index contributed by atoms with van der Waals surface area (Å²) in [6.07, 6.45) is 3.31. The summed E-state index contributed by atoms with van der Waals surface area (Å²) in [5.74, 6) is -1.10. The van der Waals surface area contributed by atoms with Crippen LogP contribution < -0.4 is 10.1 Å². The van der Waals surface area contributed by atoms with E-state index in [9.17, 15) is 14.7 Å². The second-order valence-electron chi connectivity index (χ2n) is 5.11. The summed E-state index contributed by atoms with van der Waals surface area (Å²) < 4.78 is 6.74. The number of carboxylic acids is 1. The van der Waals surface area contributed by atoms with Gasteiger partial charge in [0.05, 0.1) is 7.11 Å². The zero-order valence-electron chi connectivity index (χ0n) is 12.8. The Hall–Kier alpha value is -3.35. The first kappa shape index (κ1) is 15.5. The topological polar surface area (TPSA) is 92.9 Å². The Morgan fingerprint density at radius 1 is 1.21 bits per heavy atom. The molecule has 2 aromatic heterocycles. The number of nitrogens with one attached hydrogen (secondary N) is 1. The number of imidazole rings is 1. The molecule has 1 aromatic carbocycles. The Morgan fingerprint density at radius 3 is 2.58 bits per heavy atom. The van der Waals surface area contributed by atoms with Crippen LogP contribution in [0.3, 0.4) is 0 Å². The second kappa shape index (κ2) is 6.41. The van der Waals surface area contributed by atoms with Gasteiger partial charge in [-0.15, -0.1) is 0 Å². The number of hydrogen-bond acceptors (Lipinski definition) is 4. The van der Waals surface area contributed by atoms with Crippen molar-refractivity contribution in [3.05, 3.63) is 66.1 Å². The minimum Gasteiger partial charge on any atom is -0.497 e. The molecule has 0 aliphatic rings. The van der Waals surface area contributed by atoms with Gasteiger partial charge in [0.1, 0.15) is 17.1 Å². The third-order valence-corrected chi connectivity index (χ3v) is 3.57. The third kappa shape index (κ3) is 3.05. The zero-order valence-corrected chi connectivity index (χ0v) is 12.8. The number of methoxy groups -OCH3 is 1. The lowest BCUT2D eigenvalue weighted by Gasteiger charge is -2.14. The van der Waals surface area contributed by atoms with E-state index in [1.54, 1.807) is 53.2 Å². The van der Waals surface area contributed by atoms with Crippen molar-refractivity contribution in [2.24, 2.45) is 0 Å². The normalized spacial score (nSPS) is 11.9. The lowest BCUT2D eigenvalue weighted by Crippen LogP contribution is -2.33. The number of pyridine rings is 1. The van der Waals surface area contributed by atoms with E-state index in [-0.39, 0.29) is 5.69 Å². The number of fused-ring (bicyclic) bond motifs is 1. The Labute approximate surface area is 137 Å². The molecule has 122 valence electrons. The van der Waals surface area contributed by atoms with Crippen LogP contribution in [0, 0.1) is 0 Å². The van der Waals surface area contributed by atoms with Crippen molar-refractivity contribution in [1.29, 1.82) is 0 Å². The average Bonchev–Trinajstić information content (AvgIpc) is 3.03. The van der Waals surface area contributed by atoms with Crippen LogP contribution >= 0.6 is 0 Å². The van der Waals surface area contributed by atoms with Crippen LogP contribution in [-0.4, -0.2) is 33.5 Å². The number of benzene rings is 1. The molecule has 2 N–H and O–H groups in total. The maximum atomic E-state index is 12.4. The molecule has 3 rings (SSSR count). The number of amides is 1. The molecule has 1 atom stereocenters. The minimum absolute atomic E-state index is 0.154. The smallest absolute Gasteiger partial charge is 0.330 e. The zero-order chi connectivity index (χ0) is 17.1. The van der Waals surface area contributed by atoms with Crippen LogP contribution in [0.5, 0.6) is 5.75 Å². The van der Waals surface area contributed by atoms with Crippen molar-refractivity contribution in [3.8, 4) is 5.75 Å². The van der Waals surface area contributed by atoms with Gasteiger partial charge in [-0.3, -0.25) is 4.79 Å². The highest BCUT2D eigenvalue weighted by atomic mass is 16.5. The van der Waals surface area contributed by atoms with Gasteiger partial charge in [0.25, 0.3) is 5.91 Å². The summed E-state index contributed by atoms with van der Waals surface area (Å²) in [5, 5.41) is 11.9. The highest BCUT2D eigenvalue weighted by Gasteiger charge is 2.24. The van der Waals surface area contributed by atoms with Gasteiger partial charge in [-0.1, -0.05) is 18.2 Å². The standard InChI is InChI=1S/C17H15N3O4/c1-24-12-7-5-11(6-8-12)15(17(22)23)19-16(21)13-10-20-9-3-2-4-14(20)18-13/h2-10,15H,1H3,(H,19,21)(H,22,23). The molecule has 0 fully saturated rings. The fourth-order valence-electron chi connectivity index (χ4n) is 2.33. The molecule has 1 unspecified atom stereocenters. The molecule has 0 saturated heterocycles. The number of carbonyl (C=O) groups excluding carboxylic acids is 1. The van der Waals surface area contributed by atoms with Gasteiger partial charge in [-0.25, -0.2) is 9.78 Å². The van der Waals surface area contributed by atoms with Crippen LogP contribution in [0.2, 0.25) is 0 Å². The summed E-state index contributed by atoms with van der Waals surface area (Å²) in [4.78, 5) is 28.1. The summed E-state index contributed by atoms with van der Waals surface area (Å²) in [5.41, 5.74) is 1.21. The lowest BCUT2D eigenvalue weighted by molar-refractivity contribution is -0.139. The van der Waals surface area contributed by atoms with Crippen molar-refractivity contribution >= 4 is 17.5 Å². The predicted octanol–water partition coefficient (Wildman–Crippen LogP) is 1.90. The minimum atomic E-state index is -1.17. The number of ether oxygens (including phenoxy) is 1. The van der Waals surface area contributed by atoms with Crippen molar-refractivity contribution in [2.75, 3.05) is 7.11 Å². The van der Waals surface area contributed by atoms with Crippen LogP contribution in [-0.2, 0) is 4.79 Å². The van der Waals surface area contributed by atoms with E-state index in [2.05, 4.69) is 10.3 Å². The molecule has 3 aromatic rings. The SMILES string of the molecule is COc1ccc(C(NC(=O)c2cn3ccccc3n2)C(=O)O)cc1. The molecule has 0 aliphatic carbocycles. The van der Waals surface area contributed by atoms with Crippen LogP contribution in [0.15, 0.2) is 54.9 Å². The van der Waals surface area contributed by atoms with Gasteiger partial charge in [-0.2, -0.15) is 0 Å². The molecule has 24 heavy (non-hydrogen) atoms. The maximum Gasteiger partial charge on any atom is 0.330 e. The third-order valence-electron chi connectivity index (χ3n) is 3.57. The highest BCUT2D eigenvalue weighted by molar-refractivity contribution is 5.95. The van der Waals surface area contributed by atoms with Gasteiger partial charge < -0.3 is 19.6 Å². The van der Waals surface area contributed by atoms with E-state index in [4.69, 9.17) is 4.74 Å². The van der Waals surface area contributed by atoms with Gasteiger partial charge in [0, 0.05) is 12.4 Å². The largest absolute Gasteiger partial charge is 0.497 e. The van der Waals surface area contributed by atoms with Crippen LogP contribution in [0.4, 0.5) is 0 Å². The Balaban J connectivity index is 1.84. The Kier molecular flexibility index (Phi) is 4.15. The summed E-state index contributed by atoms with van der Waals surface area (Å²) >= 11 is 0. The van der Waals surface area contributed by atoms with E-state index in [0.29, 0.717) is 17.0 Å². The predicted molar refractivity (Wildman–Crippen MR) is 86.0 cm³/mol. The summed E-state index contributed by atoms with van der Waals surface area (Å²) in [6, 6.07) is 10.7. The summed E-state index contributed by atoms with van der Waals surface area (Å²) in [7, 11) is 1.52. The van der Waals surface area contributed by atoms with Gasteiger partial charge in [0.2, 0.25) is 0 Å². The van der Waals surface area contributed by atoms with E-state index in [1.807, 2.05) is 6.07 Å². The number of hydrogen-bond donors (Lipinski definition) is 2. The monoisotopic (exact) mass is 325 g/mol. The van der Waals surface area contributed by atoms with Crippen LogP contribution in [0.1, 0.15) is 22.1 Å². The fraction of sp³-hybridized carbons (Fsp3) is 0.118. The molecule has 7 heteroatoms. The highest BCUT2D eigenvalue weighted by Crippen LogP contribution is 2.18. The van der Waals surface area contributed by atoms with Crippen molar-refractivity contribution in [2.45, 2.75) is 6.04 Å². The first-order valence-electron chi connectivity index (χ1n) is 7.20. The average molecular weight is 325 g/mol. The quantitative estimate of drug-likeness (QED) is 0.747. The molecule has 0 aliphatic heterocycles. The summed E-state index contributed by atoms with van der Waals surface area (Å²) in [6.45, 7) is 0. The second-order valence-corrected chi connectivity index (χ2v) is 5.11. The number of carbonyl (C=O) groups is 2. The molecule has 0 bridgehead atoms. The Bertz CT molecular complexity index is 853. The lowest BCUT2D eigenvalue weighted by atomic mass is 10.1. The van der Waals surface area contributed by atoms with E-state index in [0.717, 1.165) is 0 Å². The number of aliphatic carboxylic acids is 1. The number of aromatic nitrogens is 2. The fourth-order valence-corrected chi connectivity index (χ4v) is 2.33. The maximum absolute atomic E-state index is 12.4.